The molecule has 3 amide bonds. The molecule has 0 spiro atoms. The number of nitrogens with two attached hydrogens (primary N) is 1. The van der Waals surface area contributed by atoms with Crippen molar-refractivity contribution in [2.75, 3.05) is 26.7 Å². The first kappa shape index (κ1) is 14.3. The van der Waals surface area contributed by atoms with Gasteiger partial charge in [-0.1, -0.05) is 0 Å². The van der Waals surface area contributed by atoms with Crippen LogP contribution in [0.15, 0.2) is 0 Å². The zero-order chi connectivity index (χ0) is 13.7. The molecule has 1 rings (SSSR count). The lowest BCUT2D eigenvalue weighted by molar-refractivity contribution is -0.138. The average molecular weight is 257 g/mol. The maximum Gasteiger partial charge on any atom is 0.320 e. The van der Waals surface area contributed by atoms with Gasteiger partial charge in [0, 0.05) is 26.6 Å². The number of likely N-dealkylation sites (N-methyl/N-ethyl adjacent to an activating group) is 1. The van der Waals surface area contributed by atoms with Gasteiger partial charge in [-0.05, 0) is 18.8 Å². The topological polar surface area (TPSA) is 104 Å². The number of carboxylic acids is 1. The van der Waals surface area contributed by atoms with Crippen molar-refractivity contribution in [2.45, 2.75) is 19.3 Å². The maximum absolute atomic E-state index is 12.0. The van der Waals surface area contributed by atoms with E-state index in [1.807, 2.05) is 0 Å². The van der Waals surface area contributed by atoms with E-state index in [0.29, 0.717) is 13.1 Å². The van der Waals surface area contributed by atoms with Gasteiger partial charge in [-0.3, -0.25) is 9.59 Å². The lowest BCUT2D eigenvalue weighted by atomic mass is 9.95. The highest BCUT2D eigenvalue weighted by molar-refractivity contribution is 5.82. The predicted octanol–water partition coefficient (Wildman–Crippen LogP) is -0.290. The monoisotopic (exact) mass is 257 g/mol. The molecule has 1 saturated heterocycles. The predicted molar refractivity (Wildman–Crippen MR) is 63.8 cm³/mol. The molecule has 1 aliphatic heterocycles. The molecule has 0 saturated carbocycles. The number of carbonyl (C=O) groups is 3. The summed E-state index contributed by atoms with van der Waals surface area (Å²) in [5.41, 5.74) is 5.02. The molecular formula is C11H19N3O4. The minimum Gasteiger partial charge on any atom is -0.481 e. The van der Waals surface area contributed by atoms with Crippen LogP contribution in [0.5, 0.6) is 0 Å². The summed E-state index contributed by atoms with van der Waals surface area (Å²) in [5, 5.41) is 8.74. The van der Waals surface area contributed by atoms with Crippen molar-refractivity contribution in [3.8, 4) is 0 Å². The fourth-order valence-corrected chi connectivity index (χ4v) is 2.20. The van der Waals surface area contributed by atoms with E-state index in [0.717, 1.165) is 12.8 Å². The molecule has 1 fully saturated rings. The van der Waals surface area contributed by atoms with Crippen molar-refractivity contribution in [1.82, 2.24) is 9.80 Å². The number of piperidine rings is 1. The summed E-state index contributed by atoms with van der Waals surface area (Å²) in [4.78, 5) is 36.2. The molecule has 18 heavy (non-hydrogen) atoms. The first-order valence-electron chi connectivity index (χ1n) is 5.90. The molecule has 0 aromatic rings. The van der Waals surface area contributed by atoms with E-state index in [2.05, 4.69) is 0 Å². The molecule has 1 unspecified atom stereocenters. The van der Waals surface area contributed by atoms with Gasteiger partial charge in [-0.25, -0.2) is 4.79 Å². The van der Waals surface area contributed by atoms with Gasteiger partial charge in [0.1, 0.15) is 6.54 Å². The molecule has 0 aromatic heterocycles. The number of rotatable bonds is 4. The quantitative estimate of drug-likeness (QED) is 0.722. The number of carbonyl (C=O) groups excluding carboxylic acids is 2. The number of likely N-dealkylation sites (tertiary alicyclic amines) is 1. The second-order valence-electron chi connectivity index (χ2n) is 4.66. The van der Waals surface area contributed by atoms with Crippen LogP contribution in [-0.2, 0) is 9.59 Å². The zero-order valence-electron chi connectivity index (χ0n) is 10.5. The Kier molecular flexibility index (Phi) is 4.94. The Morgan fingerprint density at radius 1 is 1.44 bits per heavy atom. The Morgan fingerprint density at radius 2 is 2.11 bits per heavy atom. The Hall–Kier alpha value is -1.79. The van der Waals surface area contributed by atoms with Crippen molar-refractivity contribution in [2.24, 2.45) is 11.7 Å². The Morgan fingerprint density at radius 3 is 2.67 bits per heavy atom. The van der Waals surface area contributed by atoms with Crippen molar-refractivity contribution in [3.05, 3.63) is 0 Å². The molecule has 0 aromatic carbocycles. The van der Waals surface area contributed by atoms with E-state index >= 15 is 0 Å². The van der Waals surface area contributed by atoms with Crippen molar-refractivity contribution in [1.29, 1.82) is 0 Å². The van der Waals surface area contributed by atoms with E-state index in [-0.39, 0.29) is 24.9 Å². The van der Waals surface area contributed by atoms with Crippen LogP contribution in [-0.4, -0.2) is 59.5 Å². The molecule has 7 nitrogen and oxygen atoms in total. The fourth-order valence-electron chi connectivity index (χ4n) is 2.20. The second kappa shape index (κ2) is 6.23. The standard InChI is InChI=1S/C11H19N3O4/c1-13(7-9(12)15)11(18)14-4-2-3-8(6-14)5-10(16)17/h8H,2-7H2,1H3,(H2,12,15)(H,16,17). The number of aliphatic carboxylic acids is 1. The molecule has 0 aliphatic carbocycles. The number of carboxylic acid groups (broad SMARTS) is 1. The molecular weight excluding hydrogens is 238 g/mol. The van der Waals surface area contributed by atoms with Gasteiger partial charge in [0.25, 0.3) is 0 Å². The van der Waals surface area contributed by atoms with E-state index < -0.39 is 11.9 Å². The van der Waals surface area contributed by atoms with Crippen LogP contribution in [0.3, 0.4) is 0 Å². The van der Waals surface area contributed by atoms with Gasteiger partial charge in [-0.2, -0.15) is 0 Å². The summed E-state index contributed by atoms with van der Waals surface area (Å²) in [7, 11) is 1.51. The van der Waals surface area contributed by atoms with Crippen LogP contribution in [0.2, 0.25) is 0 Å². The third-order valence-corrected chi connectivity index (χ3v) is 2.97. The number of amides is 3. The van der Waals surface area contributed by atoms with Gasteiger partial charge < -0.3 is 20.6 Å². The number of nitrogens with zero attached hydrogens (tertiary/aromatic N) is 2. The summed E-state index contributed by atoms with van der Waals surface area (Å²) in [6.45, 7) is 0.894. The normalized spacial score (nSPS) is 19.4. The number of primary amides is 1. The van der Waals surface area contributed by atoms with Gasteiger partial charge in [0.05, 0.1) is 0 Å². The van der Waals surface area contributed by atoms with Gasteiger partial charge in [0.15, 0.2) is 0 Å². The van der Waals surface area contributed by atoms with E-state index in [1.165, 1.54) is 11.9 Å². The van der Waals surface area contributed by atoms with Crippen molar-refractivity contribution >= 4 is 17.9 Å². The molecule has 1 atom stereocenters. The molecule has 7 heteroatoms. The van der Waals surface area contributed by atoms with Crippen LogP contribution in [0, 0.1) is 5.92 Å². The number of hydrogen-bond acceptors (Lipinski definition) is 3. The van der Waals surface area contributed by atoms with E-state index in [9.17, 15) is 14.4 Å². The minimum atomic E-state index is -0.847. The molecule has 3 N–H and O–H groups in total. The third-order valence-electron chi connectivity index (χ3n) is 2.97. The molecule has 102 valence electrons. The summed E-state index contributed by atoms with van der Waals surface area (Å²) < 4.78 is 0. The summed E-state index contributed by atoms with van der Waals surface area (Å²) >= 11 is 0. The van der Waals surface area contributed by atoms with Crippen LogP contribution < -0.4 is 5.73 Å². The van der Waals surface area contributed by atoms with Gasteiger partial charge in [-0.15, -0.1) is 0 Å². The highest BCUT2D eigenvalue weighted by atomic mass is 16.4. The van der Waals surface area contributed by atoms with Crippen LogP contribution in [0.25, 0.3) is 0 Å². The molecule has 0 radical (unpaired) electrons. The smallest absolute Gasteiger partial charge is 0.320 e. The number of urea groups is 1. The largest absolute Gasteiger partial charge is 0.481 e. The second-order valence-corrected chi connectivity index (χ2v) is 4.66. The van der Waals surface area contributed by atoms with E-state index in [1.54, 1.807) is 4.90 Å². The first-order chi connectivity index (χ1) is 8.40. The van der Waals surface area contributed by atoms with Crippen LogP contribution >= 0.6 is 0 Å². The molecule has 1 aliphatic rings. The SMILES string of the molecule is CN(CC(N)=O)C(=O)N1CCCC(CC(=O)O)C1. The third kappa shape index (κ3) is 4.23. The molecule has 0 bridgehead atoms. The van der Waals surface area contributed by atoms with Crippen molar-refractivity contribution in [3.63, 3.8) is 0 Å². The summed E-state index contributed by atoms with van der Waals surface area (Å²) in [5.74, 6) is -1.42. The minimum absolute atomic E-state index is 0.0119. The lowest BCUT2D eigenvalue weighted by Crippen LogP contribution is -2.48. The first-order valence-corrected chi connectivity index (χ1v) is 5.90. The van der Waals surface area contributed by atoms with Crippen LogP contribution in [0.1, 0.15) is 19.3 Å². The van der Waals surface area contributed by atoms with Gasteiger partial charge >= 0.3 is 12.0 Å². The highest BCUT2D eigenvalue weighted by Gasteiger charge is 2.27. The number of hydrogen-bond donors (Lipinski definition) is 2. The maximum atomic E-state index is 12.0. The molecule has 1 heterocycles. The van der Waals surface area contributed by atoms with Crippen molar-refractivity contribution < 1.29 is 19.5 Å². The Bertz CT molecular complexity index is 345. The summed E-state index contributed by atoms with van der Waals surface area (Å²) in [6, 6.07) is -0.274. The van der Waals surface area contributed by atoms with E-state index in [4.69, 9.17) is 10.8 Å². The van der Waals surface area contributed by atoms with Gasteiger partial charge in [0.2, 0.25) is 5.91 Å². The fraction of sp³-hybridized carbons (Fsp3) is 0.727. The Balaban J connectivity index is 2.52. The average Bonchev–Trinajstić information content (AvgIpc) is 2.26. The Labute approximate surface area is 106 Å². The highest BCUT2D eigenvalue weighted by Crippen LogP contribution is 2.20. The van der Waals surface area contributed by atoms with Crippen LogP contribution in [0.4, 0.5) is 4.79 Å². The summed E-state index contributed by atoms with van der Waals surface area (Å²) in [6.07, 6.45) is 1.67. The zero-order valence-corrected chi connectivity index (χ0v) is 10.5. The lowest BCUT2D eigenvalue weighted by Gasteiger charge is -2.34.